The first-order valence-corrected chi connectivity index (χ1v) is 14.3. The van der Waals surface area contributed by atoms with Gasteiger partial charge >= 0.3 is 5.69 Å². The molecule has 0 saturated carbocycles. The summed E-state index contributed by atoms with van der Waals surface area (Å²) < 4.78 is 3.71. The highest BCUT2D eigenvalue weighted by molar-refractivity contribution is 6.01. The van der Waals surface area contributed by atoms with Gasteiger partial charge in [-0.3, -0.25) is 14.1 Å². The van der Waals surface area contributed by atoms with E-state index in [0.29, 0.717) is 12.5 Å². The molecule has 1 N–H and O–H groups in total. The molecule has 0 amide bonds. The van der Waals surface area contributed by atoms with E-state index in [1.165, 1.54) is 19.3 Å². The van der Waals surface area contributed by atoms with E-state index in [1.54, 1.807) is 12.4 Å². The van der Waals surface area contributed by atoms with Gasteiger partial charge in [-0.05, 0) is 52.2 Å². The van der Waals surface area contributed by atoms with Crippen LogP contribution in [0.1, 0.15) is 100 Å². The molecule has 2 atom stereocenters. The van der Waals surface area contributed by atoms with Gasteiger partial charge in [-0.1, -0.05) is 84.6 Å². The molecule has 210 valence electrons. The van der Waals surface area contributed by atoms with Crippen LogP contribution in [0.25, 0.3) is 22.1 Å². The van der Waals surface area contributed by atoms with E-state index in [9.17, 15) is 4.79 Å². The first-order chi connectivity index (χ1) is 18.3. The van der Waals surface area contributed by atoms with Crippen molar-refractivity contribution in [1.82, 2.24) is 19.1 Å². The van der Waals surface area contributed by atoms with Crippen LogP contribution in [0.3, 0.4) is 0 Å². The molecule has 0 radical (unpaired) electrons. The Labute approximate surface area is 230 Å². The maximum Gasteiger partial charge on any atom is 0.329 e. The van der Waals surface area contributed by atoms with Crippen molar-refractivity contribution in [3.8, 4) is 0 Å². The molecule has 0 bridgehead atoms. The van der Waals surface area contributed by atoms with Gasteiger partial charge in [-0.25, -0.2) is 9.78 Å². The second-order valence-corrected chi connectivity index (χ2v) is 9.60. The van der Waals surface area contributed by atoms with Crippen LogP contribution in [-0.2, 0) is 6.54 Å². The number of nitrogens with one attached hydrogen (secondary N) is 1. The van der Waals surface area contributed by atoms with Gasteiger partial charge in [0.25, 0.3) is 0 Å². The summed E-state index contributed by atoms with van der Waals surface area (Å²) in [6, 6.07) is 2.09. The quantitative estimate of drug-likeness (QED) is 0.214. The van der Waals surface area contributed by atoms with Crippen LogP contribution in [-0.4, -0.2) is 25.3 Å². The van der Waals surface area contributed by atoms with Crippen LogP contribution in [0.4, 0.5) is 0 Å². The fraction of sp³-hybridized carbons (Fsp3) is 0.531. The molecule has 3 rings (SSSR count). The third-order valence-electron chi connectivity index (χ3n) is 6.54. The molecule has 0 aliphatic rings. The smallest absolute Gasteiger partial charge is 0.329 e. The molecule has 6 nitrogen and oxygen atoms in total. The van der Waals surface area contributed by atoms with Gasteiger partial charge in [0.1, 0.15) is 5.65 Å². The molecule has 3 aromatic heterocycles. The fourth-order valence-electron chi connectivity index (χ4n) is 3.83. The van der Waals surface area contributed by atoms with Crippen molar-refractivity contribution in [3.63, 3.8) is 0 Å². The van der Waals surface area contributed by atoms with E-state index >= 15 is 0 Å². The molecule has 0 saturated heterocycles. The van der Waals surface area contributed by atoms with Gasteiger partial charge in [0.2, 0.25) is 0 Å². The number of aliphatic imine (C=N–C) groups is 1. The highest BCUT2D eigenvalue weighted by atomic mass is 16.1. The van der Waals surface area contributed by atoms with Crippen LogP contribution < -0.4 is 5.69 Å². The number of aromatic nitrogens is 4. The Bertz CT molecular complexity index is 1250. The maximum atomic E-state index is 13.5. The Morgan fingerprint density at radius 3 is 2.26 bits per heavy atom. The number of aromatic amines is 1. The fourth-order valence-corrected chi connectivity index (χ4v) is 3.83. The monoisotopic (exact) mass is 521 g/mol. The van der Waals surface area contributed by atoms with Gasteiger partial charge in [0.15, 0.2) is 0 Å². The minimum atomic E-state index is -0.0128. The number of nitrogens with zero attached hydrogens (tertiary/aromatic N) is 4. The van der Waals surface area contributed by atoms with Crippen molar-refractivity contribution in [2.45, 2.75) is 107 Å². The summed E-state index contributed by atoms with van der Waals surface area (Å²) >= 11 is 0. The standard InChI is InChI=1S/C23H31N5O.C5H12.C4H8/c1-6-9-11-24-18(13-16(4)7-2)15-27-20-14-26-22-19(10-12-25-22)21(20)28(23(27)29)17(5)8-3;1-3-5-4-2;1-3-4-2/h6,9-14,16-17H,7-8,15H2,1-5H3,(H,25,26);3-5H2,1-2H3;3-4H,1-2H3/b9-6-,18-13-,24-11-;;4-3-/t16-,17+;;/m1../s1. The Morgan fingerprint density at radius 1 is 1.05 bits per heavy atom. The van der Waals surface area contributed by atoms with Gasteiger partial charge in [0, 0.05) is 23.8 Å². The number of pyridine rings is 1. The van der Waals surface area contributed by atoms with Crippen LogP contribution in [0, 0.1) is 5.92 Å². The topological polar surface area (TPSA) is 68.0 Å². The molecule has 3 aromatic rings. The van der Waals surface area contributed by atoms with Gasteiger partial charge < -0.3 is 4.98 Å². The SMILES string of the molecule is C/C=C\C.CCCCC.C\C=C/C=N\C(=C/[C@H](C)CC)Cn1c(=O)n([C@@H](C)CC)c2c3cc[nH]c3ncc21. The largest absolute Gasteiger partial charge is 0.346 e. The Kier molecular flexibility index (Phi) is 15.7. The van der Waals surface area contributed by atoms with E-state index in [4.69, 9.17) is 0 Å². The lowest BCUT2D eigenvalue weighted by molar-refractivity contribution is 0.516. The molecule has 0 aromatic carbocycles. The lowest BCUT2D eigenvalue weighted by Gasteiger charge is -2.11. The summed E-state index contributed by atoms with van der Waals surface area (Å²) in [6.45, 7) is 19.3. The Morgan fingerprint density at radius 2 is 1.74 bits per heavy atom. The molecule has 3 heterocycles. The molecule has 6 heteroatoms. The third-order valence-corrected chi connectivity index (χ3v) is 6.54. The highest BCUT2D eigenvalue weighted by Gasteiger charge is 2.20. The second-order valence-electron chi connectivity index (χ2n) is 9.60. The summed E-state index contributed by atoms with van der Waals surface area (Å²) in [7, 11) is 0. The summed E-state index contributed by atoms with van der Waals surface area (Å²) in [4.78, 5) is 25.8. The summed E-state index contributed by atoms with van der Waals surface area (Å²) in [5.41, 5.74) is 3.46. The molecule has 0 fully saturated rings. The zero-order valence-electron chi connectivity index (χ0n) is 25.3. The minimum absolute atomic E-state index is 0.0128. The number of allylic oxidation sites excluding steroid dienone is 6. The minimum Gasteiger partial charge on any atom is -0.346 e. The molecular formula is C32H51N5O. The molecule has 38 heavy (non-hydrogen) atoms. The lowest BCUT2D eigenvalue weighted by Crippen LogP contribution is -2.27. The summed E-state index contributed by atoms with van der Waals surface area (Å²) in [5.74, 6) is 0.390. The van der Waals surface area contributed by atoms with Crippen molar-refractivity contribution in [2.24, 2.45) is 10.9 Å². The van der Waals surface area contributed by atoms with E-state index in [1.807, 2.05) is 66.5 Å². The number of hydrogen-bond donors (Lipinski definition) is 1. The van der Waals surface area contributed by atoms with Crippen LogP contribution in [0.15, 0.2) is 64.3 Å². The van der Waals surface area contributed by atoms with Gasteiger partial charge in [-0.2, -0.15) is 0 Å². The number of H-pyrrole nitrogens is 1. The van der Waals surface area contributed by atoms with E-state index in [2.05, 4.69) is 62.6 Å². The van der Waals surface area contributed by atoms with Gasteiger partial charge in [-0.15, -0.1) is 0 Å². The molecule has 0 aliphatic carbocycles. The normalized spacial score (nSPS) is 13.8. The van der Waals surface area contributed by atoms with Crippen molar-refractivity contribution >= 4 is 28.3 Å². The molecular weight excluding hydrogens is 470 g/mol. The molecule has 0 unspecified atom stereocenters. The van der Waals surface area contributed by atoms with Crippen LogP contribution in [0.5, 0.6) is 0 Å². The Hall–Kier alpha value is -3.15. The molecule has 0 spiro atoms. The number of unbranched alkanes of at least 4 members (excludes halogenated alkanes) is 2. The van der Waals surface area contributed by atoms with E-state index < -0.39 is 0 Å². The lowest BCUT2D eigenvalue weighted by atomic mass is 10.1. The number of hydrogen-bond acceptors (Lipinski definition) is 3. The maximum absolute atomic E-state index is 13.5. The zero-order valence-corrected chi connectivity index (χ0v) is 25.3. The first-order valence-electron chi connectivity index (χ1n) is 14.3. The summed E-state index contributed by atoms with van der Waals surface area (Å²) in [6.07, 6.45) is 21.4. The van der Waals surface area contributed by atoms with E-state index in [-0.39, 0.29) is 11.7 Å². The van der Waals surface area contributed by atoms with Crippen LogP contribution in [0.2, 0.25) is 0 Å². The number of rotatable bonds is 10. The Balaban J connectivity index is 0.000000694. The average Bonchev–Trinajstić information content (AvgIpc) is 3.51. The van der Waals surface area contributed by atoms with Crippen LogP contribution >= 0.6 is 0 Å². The predicted octanol–water partition coefficient (Wildman–Crippen LogP) is 9.01. The third kappa shape index (κ3) is 9.30. The van der Waals surface area contributed by atoms with Crippen molar-refractivity contribution in [2.75, 3.05) is 0 Å². The first kappa shape index (κ1) is 32.9. The number of imidazole rings is 1. The van der Waals surface area contributed by atoms with Gasteiger partial charge in [0.05, 0.1) is 29.5 Å². The second kappa shape index (κ2) is 18.2. The van der Waals surface area contributed by atoms with Crippen molar-refractivity contribution in [3.05, 3.63) is 65.0 Å². The predicted molar refractivity (Wildman–Crippen MR) is 167 cm³/mol. The average molecular weight is 522 g/mol. The zero-order chi connectivity index (χ0) is 28.5. The highest BCUT2D eigenvalue weighted by Crippen LogP contribution is 2.26. The number of fused-ring (bicyclic) bond motifs is 3. The van der Waals surface area contributed by atoms with Crippen molar-refractivity contribution in [1.29, 1.82) is 0 Å². The van der Waals surface area contributed by atoms with E-state index in [0.717, 1.165) is 40.6 Å². The van der Waals surface area contributed by atoms with Crippen molar-refractivity contribution < 1.29 is 0 Å². The molecule has 0 aliphatic heterocycles. The summed E-state index contributed by atoms with van der Waals surface area (Å²) in [5, 5.41) is 0.975.